The Morgan fingerprint density at radius 2 is 2.21 bits per heavy atom. The summed E-state index contributed by atoms with van der Waals surface area (Å²) in [7, 11) is 0. The van der Waals surface area contributed by atoms with Crippen molar-refractivity contribution in [2.75, 3.05) is 0 Å². The summed E-state index contributed by atoms with van der Waals surface area (Å²) in [6.07, 6.45) is 2.94. The van der Waals surface area contributed by atoms with Crippen molar-refractivity contribution in [2.45, 2.75) is 0 Å². The molecule has 0 unspecified atom stereocenters. The lowest BCUT2D eigenvalue weighted by molar-refractivity contribution is -0.384. The SMILES string of the molecule is O=[N+]([O-])c1cccnc1-c1ccco1. The molecule has 0 aliphatic carbocycles. The Bertz CT molecular complexity index is 451. The summed E-state index contributed by atoms with van der Waals surface area (Å²) in [5, 5.41) is 10.6. The van der Waals surface area contributed by atoms with Crippen LogP contribution in [-0.4, -0.2) is 9.91 Å². The molecule has 0 bridgehead atoms. The van der Waals surface area contributed by atoms with Crippen molar-refractivity contribution < 1.29 is 9.34 Å². The average molecular weight is 190 g/mol. The van der Waals surface area contributed by atoms with Gasteiger partial charge in [-0.05, 0) is 18.2 Å². The lowest BCUT2D eigenvalue weighted by Crippen LogP contribution is -1.92. The molecule has 2 aromatic heterocycles. The molecular formula is C9H6N2O3. The van der Waals surface area contributed by atoms with Gasteiger partial charge in [0.25, 0.3) is 5.69 Å². The van der Waals surface area contributed by atoms with Crippen LogP contribution in [0.1, 0.15) is 0 Å². The summed E-state index contributed by atoms with van der Waals surface area (Å²) in [5.74, 6) is 0.400. The van der Waals surface area contributed by atoms with E-state index in [1.165, 1.54) is 24.6 Å². The van der Waals surface area contributed by atoms with Gasteiger partial charge in [0.15, 0.2) is 11.5 Å². The van der Waals surface area contributed by atoms with Crippen molar-refractivity contribution in [1.29, 1.82) is 0 Å². The van der Waals surface area contributed by atoms with Gasteiger partial charge in [-0.25, -0.2) is 4.98 Å². The first-order valence-electron chi connectivity index (χ1n) is 3.92. The molecule has 14 heavy (non-hydrogen) atoms. The molecule has 0 aliphatic heterocycles. The average Bonchev–Trinajstić information content (AvgIpc) is 2.70. The topological polar surface area (TPSA) is 69.2 Å². The number of aromatic nitrogens is 1. The van der Waals surface area contributed by atoms with Gasteiger partial charge >= 0.3 is 0 Å². The van der Waals surface area contributed by atoms with Crippen molar-refractivity contribution in [1.82, 2.24) is 4.98 Å². The molecule has 2 rings (SSSR count). The van der Waals surface area contributed by atoms with Gasteiger partial charge in [-0.1, -0.05) is 0 Å². The molecule has 0 amide bonds. The number of rotatable bonds is 2. The number of hydrogen-bond donors (Lipinski definition) is 0. The minimum atomic E-state index is -0.481. The molecule has 5 nitrogen and oxygen atoms in total. The fourth-order valence-corrected chi connectivity index (χ4v) is 1.15. The molecule has 2 aromatic rings. The van der Waals surface area contributed by atoms with Crippen molar-refractivity contribution >= 4 is 5.69 Å². The molecule has 0 fully saturated rings. The summed E-state index contributed by atoms with van der Waals surface area (Å²) in [4.78, 5) is 14.1. The van der Waals surface area contributed by atoms with Crippen LogP contribution in [0.4, 0.5) is 5.69 Å². The predicted octanol–water partition coefficient (Wildman–Crippen LogP) is 2.25. The highest BCUT2D eigenvalue weighted by Gasteiger charge is 2.17. The highest BCUT2D eigenvalue weighted by molar-refractivity contribution is 5.64. The van der Waals surface area contributed by atoms with Crippen LogP contribution in [0, 0.1) is 10.1 Å². The summed E-state index contributed by atoms with van der Waals surface area (Å²) >= 11 is 0. The third-order valence-electron chi connectivity index (χ3n) is 1.74. The normalized spacial score (nSPS) is 10.0. The quantitative estimate of drug-likeness (QED) is 0.537. The lowest BCUT2D eigenvalue weighted by atomic mass is 10.2. The smallest absolute Gasteiger partial charge is 0.298 e. The van der Waals surface area contributed by atoms with Crippen molar-refractivity contribution in [3.8, 4) is 11.5 Å². The standard InChI is InChI=1S/C9H6N2O3/c12-11(13)7-3-1-5-10-9(7)8-4-2-6-14-8/h1-6H. The van der Waals surface area contributed by atoms with Crippen molar-refractivity contribution in [2.24, 2.45) is 0 Å². The maximum atomic E-state index is 10.6. The summed E-state index contributed by atoms with van der Waals surface area (Å²) in [5.41, 5.74) is 0.199. The largest absolute Gasteiger partial charge is 0.462 e. The third-order valence-corrected chi connectivity index (χ3v) is 1.74. The highest BCUT2D eigenvalue weighted by Crippen LogP contribution is 2.26. The second-order valence-corrected chi connectivity index (χ2v) is 2.61. The Kier molecular flexibility index (Phi) is 1.98. The molecule has 0 radical (unpaired) electrons. The molecule has 0 aromatic carbocycles. The predicted molar refractivity (Wildman–Crippen MR) is 48.6 cm³/mol. The fraction of sp³-hybridized carbons (Fsp3) is 0. The lowest BCUT2D eigenvalue weighted by Gasteiger charge is -1.96. The Balaban J connectivity index is 2.58. The molecule has 0 saturated carbocycles. The summed E-state index contributed by atoms with van der Waals surface area (Å²) < 4.78 is 5.04. The van der Waals surface area contributed by atoms with Crippen LogP contribution >= 0.6 is 0 Å². The molecule has 0 saturated heterocycles. The Morgan fingerprint density at radius 1 is 1.36 bits per heavy atom. The molecule has 2 heterocycles. The third kappa shape index (κ3) is 1.35. The van der Waals surface area contributed by atoms with E-state index in [0.717, 1.165) is 0 Å². The van der Waals surface area contributed by atoms with Crippen LogP contribution in [0.15, 0.2) is 41.1 Å². The van der Waals surface area contributed by atoms with Crippen molar-refractivity contribution in [3.05, 3.63) is 46.8 Å². The van der Waals surface area contributed by atoms with Crippen LogP contribution in [0.5, 0.6) is 0 Å². The summed E-state index contributed by atoms with van der Waals surface area (Å²) in [6, 6.07) is 6.21. The van der Waals surface area contributed by atoms with Gasteiger partial charge in [0.2, 0.25) is 0 Å². The minimum Gasteiger partial charge on any atom is -0.462 e. The number of nitrogens with zero attached hydrogens (tertiary/aromatic N) is 2. The van der Waals surface area contributed by atoms with Crippen LogP contribution in [0.25, 0.3) is 11.5 Å². The Labute approximate surface area is 79.2 Å². The number of furan rings is 1. The summed E-state index contributed by atoms with van der Waals surface area (Å²) in [6.45, 7) is 0. The van der Waals surface area contributed by atoms with Gasteiger partial charge in [-0.3, -0.25) is 10.1 Å². The zero-order chi connectivity index (χ0) is 9.97. The van der Waals surface area contributed by atoms with Crippen LogP contribution < -0.4 is 0 Å². The van der Waals surface area contributed by atoms with E-state index in [-0.39, 0.29) is 11.4 Å². The highest BCUT2D eigenvalue weighted by atomic mass is 16.6. The maximum Gasteiger partial charge on any atom is 0.298 e. The van der Waals surface area contributed by atoms with Crippen LogP contribution in [0.3, 0.4) is 0 Å². The molecule has 70 valence electrons. The van der Waals surface area contributed by atoms with Crippen molar-refractivity contribution in [3.63, 3.8) is 0 Å². The van der Waals surface area contributed by atoms with E-state index in [4.69, 9.17) is 4.42 Å². The Hall–Kier alpha value is -2.17. The molecule has 0 spiro atoms. The first-order valence-corrected chi connectivity index (χ1v) is 3.92. The monoisotopic (exact) mass is 190 g/mol. The first kappa shape index (κ1) is 8.43. The zero-order valence-electron chi connectivity index (χ0n) is 7.08. The fourth-order valence-electron chi connectivity index (χ4n) is 1.15. The van der Waals surface area contributed by atoms with E-state index in [1.807, 2.05) is 0 Å². The first-order chi connectivity index (χ1) is 6.79. The van der Waals surface area contributed by atoms with Gasteiger partial charge in [0, 0.05) is 12.3 Å². The minimum absolute atomic E-state index is 0.0533. The van der Waals surface area contributed by atoms with Crippen LogP contribution in [-0.2, 0) is 0 Å². The van der Waals surface area contributed by atoms with Gasteiger partial charge in [-0.2, -0.15) is 0 Å². The number of hydrogen-bond acceptors (Lipinski definition) is 4. The zero-order valence-corrected chi connectivity index (χ0v) is 7.08. The van der Waals surface area contributed by atoms with Gasteiger partial charge < -0.3 is 4.42 Å². The molecular weight excluding hydrogens is 184 g/mol. The van der Waals surface area contributed by atoms with Gasteiger partial charge in [-0.15, -0.1) is 0 Å². The van der Waals surface area contributed by atoms with Gasteiger partial charge in [0.05, 0.1) is 11.2 Å². The van der Waals surface area contributed by atoms with E-state index in [9.17, 15) is 10.1 Å². The van der Waals surface area contributed by atoms with E-state index < -0.39 is 4.92 Å². The van der Waals surface area contributed by atoms with E-state index in [2.05, 4.69) is 4.98 Å². The molecule has 0 aliphatic rings. The number of nitro groups is 1. The number of pyridine rings is 1. The van der Waals surface area contributed by atoms with E-state index in [0.29, 0.717) is 5.76 Å². The van der Waals surface area contributed by atoms with E-state index in [1.54, 1.807) is 12.1 Å². The second kappa shape index (κ2) is 3.29. The molecule has 5 heteroatoms. The Morgan fingerprint density at radius 3 is 2.86 bits per heavy atom. The second-order valence-electron chi connectivity index (χ2n) is 2.61. The van der Waals surface area contributed by atoms with Crippen LogP contribution in [0.2, 0.25) is 0 Å². The molecule has 0 N–H and O–H groups in total. The van der Waals surface area contributed by atoms with E-state index >= 15 is 0 Å². The maximum absolute atomic E-state index is 10.6. The van der Waals surface area contributed by atoms with Gasteiger partial charge in [0.1, 0.15) is 0 Å². The molecule has 0 atom stereocenters.